The summed E-state index contributed by atoms with van der Waals surface area (Å²) in [5.74, 6) is 0. The molecule has 0 radical (unpaired) electrons. The maximum atomic E-state index is 8.80. The number of rotatable bonds is 5. The van der Waals surface area contributed by atoms with E-state index in [0.29, 0.717) is 0 Å². The van der Waals surface area contributed by atoms with E-state index in [1.54, 1.807) is 0 Å². The Balaban J connectivity index is 1.68. The number of nitriles is 1. The average Bonchev–Trinajstić information content (AvgIpc) is 2.88. The molecule has 0 aromatic heterocycles. The lowest BCUT2D eigenvalue weighted by molar-refractivity contribution is 0.335. The fourth-order valence-electron chi connectivity index (χ4n) is 2.23. The molecule has 3 heteroatoms. The third kappa shape index (κ3) is 3.85. The molecule has 0 saturated carbocycles. The monoisotopic (exact) mass is 229 g/mol. The number of benzene rings is 1. The predicted molar refractivity (Wildman–Crippen MR) is 68.5 cm³/mol. The van der Waals surface area contributed by atoms with Crippen LogP contribution >= 0.6 is 0 Å². The molecule has 3 nitrogen and oxygen atoms in total. The van der Waals surface area contributed by atoms with Crippen LogP contribution < -0.4 is 5.32 Å². The van der Waals surface area contributed by atoms with Gasteiger partial charge < -0.3 is 10.2 Å². The Morgan fingerprint density at radius 3 is 2.88 bits per heavy atom. The highest BCUT2D eigenvalue weighted by Crippen LogP contribution is 2.06. The minimum absolute atomic E-state index is 0.740. The molecule has 0 aliphatic carbocycles. The van der Waals surface area contributed by atoms with Crippen molar-refractivity contribution in [2.24, 2.45) is 0 Å². The molecule has 1 heterocycles. The van der Waals surface area contributed by atoms with Gasteiger partial charge in [0, 0.05) is 19.6 Å². The van der Waals surface area contributed by atoms with Gasteiger partial charge in [-0.15, -0.1) is 0 Å². The Kier molecular flexibility index (Phi) is 4.54. The highest BCUT2D eigenvalue weighted by atomic mass is 15.1. The van der Waals surface area contributed by atoms with E-state index in [0.717, 1.165) is 25.2 Å². The van der Waals surface area contributed by atoms with Crippen LogP contribution in [0.1, 0.15) is 24.0 Å². The number of nitrogens with zero attached hydrogens (tertiary/aromatic N) is 2. The lowest BCUT2D eigenvalue weighted by Crippen LogP contribution is -2.29. The van der Waals surface area contributed by atoms with E-state index in [1.165, 1.54) is 31.5 Å². The fraction of sp³-hybridized carbons (Fsp3) is 0.500. The first-order chi connectivity index (χ1) is 8.38. The maximum Gasteiger partial charge on any atom is 0.0991 e. The molecular weight excluding hydrogens is 210 g/mol. The van der Waals surface area contributed by atoms with E-state index in [1.807, 2.05) is 18.2 Å². The molecule has 0 unspecified atom stereocenters. The van der Waals surface area contributed by atoms with Crippen molar-refractivity contribution in [2.75, 3.05) is 26.2 Å². The smallest absolute Gasteiger partial charge is 0.0991 e. The Hall–Kier alpha value is -1.37. The van der Waals surface area contributed by atoms with Crippen LogP contribution in [0.25, 0.3) is 0 Å². The van der Waals surface area contributed by atoms with Gasteiger partial charge in [-0.2, -0.15) is 5.26 Å². The quantitative estimate of drug-likeness (QED) is 0.782. The van der Waals surface area contributed by atoms with Gasteiger partial charge in [0.05, 0.1) is 11.6 Å². The van der Waals surface area contributed by atoms with Gasteiger partial charge >= 0.3 is 0 Å². The molecule has 17 heavy (non-hydrogen) atoms. The van der Waals surface area contributed by atoms with Crippen molar-refractivity contribution < 1.29 is 0 Å². The molecule has 0 amide bonds. The van der Waals surface area contributed by atoms with Crippen molar-refractivity contribution in [1.82, 2.24) is 10.2 Å². The molecule has 0 bridgehead atoms. The average molecular weight is 229 g/mol. The molecule has 0 atom stereocenters. The van der Waals surface area contributed by atoms with E-state index in [-0.39, 0.29) is 0 Å². The second-order valence-electron chi connectivity index (χ2n) is 4.54. The molecule has 1 aliphatic heterocycles. The Morgan fingerprint density at radius 1 is 1.29 bits per heavy atom. The highest BCUT2D eigenvalue weighted by Gasteiger charge is 2.09. The Bertz CT molecular complexity index is 389. The van der Waals surface area contributed by atoms with Crippen LogP contribution in [0.3, 0.4) is 0 Å². The summed E-state index contributed by atoms with van der Waals surface area (Å²) in [4.78, 5) is 2.50. The number of nitrogens with one attached hydrogen (secondary N) is 1. The SMILES string of the molecule is N#Cc1cccc(CNCCN2CCCC2)c1. The van der Waals surface area contributed by atoms with Crippen LogP contribution in [0.5, 0.6) is 0 Å². The van der Waals surface area contributed by atoms with E-state index in [4.69, 9.17) is 5.26 Å². The lowest BCUT2D eigenvalue weighted by Gasteiger charge is -2.14. The van der Waals surface area contributed by atoms with E-state index >= 15 is 0 Å². The highest BCUT2D eigenvalue weighted by molar-refractivity contribution is 5.32. The second-order valence-corrected chi connectivity index (χ2v) is 4.54. The third-order valence-electron chi connectivity index (χ3n) is 3.19. The topological polar surface area (TPSA) is 39.1 Å². The summed E-state index contributed by atoms with van der Waals surface area (Å²) in [5.41, 5.74) is 1.93. The van der Waals surface area contributed by atoms with E-state index < -0.39 is 0 Å². The summed E-state index contributed by atoms with van der Waals surface area (Å²) < 4.78 is 0. The maximum absolute atomic E-state index is 8.80. The van der Waals surface area contributed by atoms with Crippen LogP contribution in [0.4, 0.5) is 0 Å². The first-order valence-corrected chi connectivity index (χ1v) is 6.30. The summed E-state index contributed by atoms with van der Waals surface area (Å²) in [6, 6.07) is 9.95. The predicted octanol–water partition coefficient (Wildman–Crippen LogP) is 1.74. The van der Waals surface area contributed by atoms with Crippen molar-refractivity contribution in [3.05, 3.63) is 35.4 Å². The van der Waals surface area contributed by atoms with Crippen LogP contribution in [-0.2, 0) is 6.54 Å². The van der Waals surface area contributed by atoms with Crippen molar-refractivity contribution >= 4 is 0 Å². The molecule has 0 spiro atoms. The van der Waals surface area contributed by atoms with Gasteiger partial charge in [-0.1, -0.05) is 12.1 Å². The Labute approximate surface area is 103 Å². The van der Waals surface area contributed by atoms with Gasteiger partial charge in [0.1, 0.15) is 0 Å². The summed E-state index contributed by atoms with van der Waals surface area (Å²) >= 11 is 0. The summed E-state index contributed by atoms with van der Waals surface area (Å²) in [6.45, 7) is 5.52. The second kappa shape index (κ2) is 6.39. The van der Waals surface area contributed by atoms with Crippen molar-refractivity contribution in [2.45, 2.75) is 19.4 Å². The standard InChI is InChI=1S/C14H19N3/c15-11-13-4-3-5-14(10-13)12-16-6-9-17-7-1-2-8-17/h3-5,10,16H,1-2,6-9,12H2. The molecule has 2 rings (SSSR count). The number of likely N-dealkylation sites (tertiary alicyclic amines) is 1. The number of hydrogen-bond acceptors (Lipinski definition) is 3. The zero-order chi connectivity index (χ0) is 11.9. The van der Waals surface area contributed by atoms with Gasteiger partial charge in [-0.05, 0) is 43.6 Å². The molecule has 1 aromatic rings. The third-order valence-corrected chi connectivity index (χ3v) is 3.19. The van der Waals surface area contributed by atoms with Crippen molar-refractivity contribution in [1.29, 1.82) is 5.26 Å². The molecule has 1 aromatic carbocycles. The fourth-order valence-corrected chi connectivity index (χ4v) is 2.23. The molecule has 1 fully saturated rings. The lowest BCUT2D eigenvalue weighted by atomic mass is 10.1. The summed E-state index contributed by atoms with van der Waals surface area (Å²) in [6.07, 6.45) is 2.70. The molecule has 1 aliphatic rings. The molecule has 1 N–H and O–H groups in total. The van der Waals surface area contributed by atoms with Crippen LogP contribution in [-0.4, -0.2) is 31.1 Å². The minimum atomic E-state index is 0.740. The number of hydrogen-bond donors (Lipinski definition) is 1. The normalized spacial score (nSPS) is 15.9. The van der Waals surface area contributed by atoms with Crippen molar-refractivity contribution in [3.63, 3.8) is 0 Å². The largest absolute Gasteiger partial charge is 0.311 e. The Morgan fingerprint density at radius 2 is 2.12 bits per heavy atom. The summed E-state index contributed by atoms with van der Waals surface area (Å²) in [7, 11) is 0. The van der Waals surface area contributed by atoms with Gasteiger partial charge in [-0.3, -0.25) is 0 Å². The van der Waals surface area contributed by atoms with Crippen LogP contribution in [0.2, 0.25) is 0 Å². The molecule has 90 valence electrons. The first-order valence-electron chi connectivity index (χ1n) is 6.30. The van der Waals surface area contributed by atoms with E-state index in [9.17, 15) is 0 Å². The van der Waals surface area contributed by atoms with Crippen LogP contribution in [0.15, 0.2) is 24.3 Å². The zero-order valence-electron chi connectivity index (χ0n) is 10.2. The van der Waals surface area contributed by atoms with Crippen molar-refractivity contribution in [3.8, 4) is 6.07 Å². The van der Waals surface area contributed by atoms with Gasteiger partial charge in [0.15, 0.2) is 0 Å². The van der Waals surface area contributed by atoms with Gasteiger partial charge in [0.2, 0.25) is 0 Å². The van der Waals surface area contributed by atoms with Gasteiger partial charge in [-0.25, -0.2) is 0 Å². The molecule has 1 saturated heterocycles. The minimum Gasteiger partial charge on any atom is -0.311 e. The van der Waals surface area contributed by atoms with Gasteiger partial charge in [0.25, 0.3) is 0 Å². The van der Waals surface area contributed by atoms with Crippen LogP contribution in [0, 0.1) is 11.3 Å². The summed E-state index contributed by atoms with van der Waals surface area (Å²) in [5, 5.41) is 12.2. The zero-order valence-corrected chi connectivity index (χ0v) is 10.2. The first kappa shape index (κ1) is 12.1. The molecular formula is C14H19N3. The van der Waals surface area contributed by atoms with E-state index in [2.05, 4.69) is 22.4 Å².